The van der Waals surface area contributed by atoms with Crippen LogP contribution in [0.4, 0.5) is 0 Å². The van der Waals surface area contributed by atoms with Crippen LogP contribution in [-0.2, 0) is 4.79 Å². The van der Waals surface area contributed by atoms with Gasteiger partial charge in [-0.2, -0.15) is 0 Å². The van der Waals surface area contributed by atoms with Crippen molar-refractivity contribution in [3.8, 4) is 5.75 Å². The number of benzene rings is 2. The van der Waals surface area contributed by atoms with Crippen molar-refractivity contribution < 1.29 is 9.53 Å². The second kappa shape index (κ2) is 8.18. The van der Waals surface area contributed by atoms with Crippen LogP contribution in [0.2, 0.25) is 5.02 Å². The Labute approximate surface area is 147 Å². The smallest absolute Gasteiger partial charge is 0.226 e. The zero-order chi connectivity index (χ0) is 16.8. The van der Waals surface area contributed by atoms with Gasteiger partial charge in [-0.15, -0.1) is 0 Å². The first-order chi connectivity index (χ1) is 11.8. The first kappa shape index (κ1) is 16.8. The number of amides is 1. The van der Waals surface area contributed by atoms with Gasteiger partial charge >= 0.3 is 0 Å². The minimum atomic E-state index is -0.0309. The second-order valence-corrected chi connectivity index (χ2v) is 6.15. The SMILES string of the molecule is O=C(CCOc1ccccc1)N1CCNCC1c1ccccc1Cl. The Kier molecular flexibility index (Phi) is 5.72. The summed E-state index contributed by atoms with van der Waals surface area (Å²) < 4.78 is 5.64. The molecule has 1 heterocycles. The van der Waals surface area contributed by atoms with Crippen molar-refractivity contribution in [1.29, 1.82) is 0 Å². The minimum Gasteiger partial charge on any atom is -0.493 e. The molecule has 126 valence electrons. The monoisotopic (exact) mass is 344 g/mol. The third kappa shape index (κ3) is 4.08. The maximum atomic E-state index is 12.7. The molecule has 1 aliphatic rings. The van der Waals surface area contributed by atoms with Crippen LogP contribution in [-0.4, -0.2) is 37.0 Å². The summed E-state index contributed by atoms with van der Waals surface area (Å²) in [6.45, 7) is 2.57. The molecular formula is C19H21ClN2O2. The lowest BCUT2D eigenvalue weighted by Gasteiger charge is -2.37. The lowest BCUT2D eigenvalue weighted by Crippen LogP contribution is -2.49. The third-order valence-electron chi connectivity index (χ3n) is 4.16. The first-order valence-corrected chi connectivity index (χ1v) is 8.56. The van der Waals surface area contributed by atoms with Crippen molar-refractivity contribution >= 4 is 17.5 Å². The van der Waals surface area contributed by atoms with Crippen LogP contribution in [0.15, 0.2) is 54.6 Å². The van der Waals surface area contributed by atoms with E-state index < -0.39 is 0 Å². The summed E-state index contributed by atoms with van der Waals surface area (Å²) in [5.41, 5.74) is 0.990. The molecule has 0 aromatic heterocycles. The fourth-order valence-corrected chi connectivity index (χ4v) is 3.20. The summed E-state index contributed by atoms with van der Waals surface area (Å²) >= 11 is 6.32. The van der Waals surface area contributed by atoms with Crippen LogP contribution in [0, 0.1) is 0 Å². The van der Waals surface area contributed by atoms with Crippen LogP contribution in [0.25, 0.3) is 0 Å². The van der Waals surface area contributed by atoms with Crippen molar-refractivity contribution in [1.82, 2.24) is 10.2 Å². The number of nitrogens with zero attached hydrogens (tertiary/aromatic N) is 1. The Hall–Kier alpha value is -2.04. The number of para-hydroxylation sites is 1. The van der Waals surface area contributed by atoms with Gasteiger partial charge in [-0.1, -0.05) is 48.0 Å². The highest BCUT2D eigenvalue weighted by molar-refractivity contribution is 6.31. The van der Waals surface area contributed by atoms with E-state index in [1.807, 2.05) is 59.5 Å². The summed E-state index contributed by atoms with van der Waals surface area (Å²) in [6.07, 6.45) is 0.357. The fraction of sp³-hybridized carbons (Fsp3) is 0.316. The van der Waals surface area contributed by atoms with E-state index >= 15 is 0 Å². The van der Waals surface area contributed by atoms with Gasteiger partial charge in [-0.05, 0) is 23.8 Å². The zero-order valence-corrected chi connectivity index (χ0v) is 14.2. The molecule has 3 rings (SSSR count). The van der Waals surface area contributed by atoms with Crippen molar-refractivity contribution in [3.63, 3.8) is 0 Å². The van der Waals surface area contributed by atoms with E-state index in [2.05, 4.69) is 5.32 Å². The van der Waals surface area contributed by atoms with Gasteiger partial charge < -0.3 is 15.0 Å². The average molecular weight is 345 g/mol. The topological polar surface area (TPSA) is 41.6 Å². The molecule has 0 radical (unpaired) electrons. The number of carbonyl (C=O) groups excluding carboxylic acids is 1. The van der Waals surface area contributed by atoms with Crippen LogP contribution in [0.5, 0.6) is 5.75 Å². The van der Waals surface area contributed by atoms with E-state index in [1.54, 1.807) is 0 Å². The molecule has 5 heteroatoms. The fourth-order valence-electron chi connectivity index (χ4n) is 2.94. The molecule has 1 amide bonds. The number of rotatable bonds is 5. The molecule has 1 N–H and O–H groups in total. The maximum absolute atomic E-state index is 12.7. The number of carbonyl (C=O) groups is 1. The highest BCUT2D eigenvalue weighted by atomic mass is 35.5. The average Bonchev–Trinajstić information content (AvgIpc) is 2.63. The van der Waals surface area contributed by atoms with Gasteiger partial charge in [-0.3, -0.25) is 4.79 Å². The highest BCUT2D eigenvalue weighted by Gasteiger charge is 2.28. The Morgan fingerprint density at radius 3 is 2.71 bits per heavy atom. The highest BCUT2D eigenvalue weighted by Crippen LogP contribution is 2.28. The molecule has 0 aliphatic carbocycles. The van der Waals surface area contributed by atoms with E-state index in [4.69, 9.17) is 16.3 Å². The first-order valence-electron chi connectivity index (χ1n) is 8.18. The van der Waals surface area contributed by atoms with E-state index in [0.29, 0.717) is 24.6 Å². The van der Waals surface area contributed by atoms with Crippen molar-refractivity contribution in [2.24, 2.45) is 0 Å². The van der Waals surface area contributed by atoms with Gasteiger partial charge in [0.2, 0.25) is 5.91 Å². The van der Waals surface area contributed by atoms with Crippen LogP contribution >= 0.6 is 11.6 Å². The lowest BCUT2D eigenvalue weighted by atomic mass is 10.0. The molecule has 4 nitrogen and oxygen atoms in total. The molecule has 1 fully saturated rings. The molecule has 1 saturated heterocycles. The van der Waals surface area contributed by atoms with Gasteiger partial charge in [0, 0.05) is 24.7 Å². The number of ether oxygens (including phenoxy) is 1. The minimum absolute atomic E-state index is 0.0309. The molecule has 0 spiro atoms. The molecule has 1 atom stereocenters. The Morgan fingerprint density at radius 1 is 1.17 bits per heavy atom. The Balaban J connectivity index is 1.62. The standard InChI is InChI=1S/C19H21ClN2O2/c20-17-9-5-4-8-16(17)18-14-21-11-12-22(18)19(23)10-13-24-15-6-2-1-3-7-15/h1-9,18,21H,10-14H2. The van der Waals surface area contributed by atoms with Gasteiger partial charge in [0.25, 0.3) is 0 Å². The van der Waals surface area contributed by atoms with Gasteiger partial charge in [0.15, 0.2) is 0 Å². The van der Waals surface area contributed by atoms with Crippen molar-refractivity contribution in [2.45, 2.75) is 12.5 Å². The number of piperazine rings is 1. The lowest BCUT2D eigenvalue weighted by molar-refractivity contribution is -0.135. The zero-order valence-electron chi connectivity index (χ0n) is 13.5. The summed E-state index contributed by atoms with van der Waals surface area (Å²) in [5, 5.41) is 4.04. The molecule has 1 aliphatic heterocycles. The normalized spacial score (nSPS) is 17.5. The Bertz CT molecular complexity index is 678. The number of halogens is 1. The molecular weight excluding hydrogens is 324 g/mol. The molecule has 1 unspecified atom stereocenters. The van der Waals surface area contributed by atoms with Crippen molar-refractivity contribution in [2.75, 3.05) is 26.2 Å². The largest absolute Gasteiger partial charge is 0.493 e. The van der Waals surface area contributed by atoms with E-state index in [0.717, 1.165) is 24.4 Å². The summed E-state index contributed by atoms with van der Waals surface area (Å²) in [5.74, 6) is 0.880. The molecule has 0 saturated carbocycles. The molecule has 24 heavy (non-hydrogen) atoms. The second-order valence-electron chi connectivity index (χ2n) is 5.74. The summed E-state index contributed by atoms with van der Waals surface area (Å²) in [7, 11) is 0. The number of nitrogens with one attached hydrogen (secondary N) is 1. The summed E-state index contributed by atoms with van der Waals surface area (Å²) in [6, 6.07) is 17.2. The quantitative estimate of drug-likeness (QED) is 0.905. The number of hydrogen-bond donors (Lipinski definition) is 1. The van der Waals surface area contributed by atoms with E-state index in [1.165, 1.54) is 0 Å². The van der Waals surface area contributed by atoms with Gasteiger partial charge in [0.05, 0.1) is 19.1 Å². The molecule has 2 aromatic carbocycles. The Morgan fingerprint density at radius 2 is 1.92 bits per heavy atom. The predicted molar refractivity (Wildman–Crippen MR) is 95.3 cm³/mol. The maximum Gasteiger partial charge on any atom is 0.226 e. The van der Waals surface area contributed by atoms with Gasteiger partial charge in [0.1, 0.15) is 5.75 Å². The third-order valence-corrected chi connectivity index (χ3v) is 4.50. The molecule has 2 aromatic rings. The van der Waals surface area contributed by atoms with Crippen LogP contribution in [0.1, 0.15) is 18.0 Å². The van der Waals surface area contributed by atoms with E-state index in [-0.39, 0.29) is 11.9 Å². The summed E-state index contributed by atoms with van der Waals surface area (Å²) in [4.78, 5) is 14.6. The molecule has 0 bridgehead atoms. The number of hydrogen-bond acceptors (Lipinski definition) is 3. The van der Waals surface area contributed by atoms with Crippen LogP contribution < -0.4 is 10.1 Å². The van der Waals surface area contributed by atoms with E-state index in [9.17, 15) is 4.79 Å². The predicted octanol–water partition coefficient (Wildman–Crippen LogP) is 3.28. The van der Waals surface area contributed by atoms with Crippen molar-refractivity contribution in [3.05, 3.63) is 65.2 Å². The van der Waals surface area contributed by atoms with Gasteiger partial charge in [-0.25, -0.2) is 0 Å². The van der Waals surface area contributed by atoms with Crippen LogP contribution in [0.3, 0.4) is 0 Å².